The summed E-state index contributed by atoms with van der Waals surface area (Å²) in [4.78, 5) is 22.7. The molecular weight excluding hydrogens is 550 g/mol. The van der Waals surface area contributed by atoms with Crippen LogP contribution in [-0.2, 0) is 22.3 Å². The maximum Gasteiger partial charge on any atom is 0.269 e. The number of hydrogen-bond donors (Lipinski definition) is 2. The zero-order valence-electron chi connectivity index (χ0n) is 25.6. The van der Waals surface area contributed by atoms with Crippen LogP contribution in [0.3, 0.4) is 0 Å². The summed E-state index contributed by atoms with van der Waals surface area (Å²) in [7, 11) is 2.64. The highest BCUT2D eigenvalue weighted by Crippen LogP contribution is 2.44. The number of carbonyl (C=O) groups is 1. The van der Waals surface area contributed by atoms with Crippen molar-refractivity contribution in [1.82, 2.24) is 24.4 Å². The van der Waals surface area contributed by atoms with E-state index in [1.54, 1.807) is 0 Å². The van der Waals surface area contributed by atoms with E-state index < -0.39 is 15.7 Å². The minimum atomic E-state index is -1.32. The second-order valence-electron chi connectivity index (χ2n) is 12.1. The molecule has 10 heteroatoms. The highest BCUT2D eigenvalue weighted by atomic mass is 32.2. The van der Waals surface area contributed by atoms with Crippen LogP contribution in [0.25, 0.3) is 11.3 Å². The topological polar surface area (TPSA) is 98.2 Å². The van der Waals surface area contributed by atoms with E-state index in [9.17, 15) is 14.1 Å². The van der Waals surface area contributed by atoms with E-state index in [4.69, 9.17) is 9.72 Å². The van der Waals surface area contributed by atoms with Crippen molar-refractivity contribution >= 4 is 16.9 Å². The summed E-state index contributed by atoms with van der Waals surface area (Å²) in [5.41, 5.74) is 4.55. The second-order valence-corrected chi connectivity index (χ2v) is 14.3. The summed E-state index contributed by atoms with van der Waals surface area (Å²) in [5.74, 6) is 6.18. The monoisotopic (exact) mass is 595 g/mol. The quantitative estimate of drug-likeness (QED) is 0.322. The number of aromatic nitrogens is 1. The number of carbonyl (C=O) groups excluding carboxylic acids is 1. The Balaban J connectivity index is 1.67. The highest BCUT2D eigenvalue weighted by Gasteiger charge is 2.40. The van der Waals surface area contributed by atoms with E-state index in [1.807, 2.05) is 74.4 Å². The van der Waals surface area contributed by atoms with Gasteiger partial charge in [-0.1, -0.05) is 24.0 Å². The van der Waals surface area contributed by atoms with E-state index in [-0.39, 0.29) is 18.6 Å². The maximum atomic E-state index is 13.6. The van der Waals surface area contributed by atoms with E-state index in [0.29, 0.717) is 37.4 Å². The average Bonchev–Trinajstić information content (AvgIpc) is 3.32. The van der Waals surface area contributed by atoms with Crippen molar-refractivity contribution in [2.45, 2.75) is 50.9 Å². The normalized spacial score (nSPS) is 18.4. The molecule has 0 bridgehead atoms. The molecule has 1 aromatic carbocycles. The number of nitrogens with one attached hydrogen (secondary N) is 1. The highest BCUT2D eigenvalue weighted by molar-refractivity contribution is 7.84. The van der Waals surface area contributed by atoms with Crippen LogP contribution in [0.1, 0.15) is 66.8 Å². The summed E-state index contributed by atoms with van der Waals surface area (Å²) < 4.78 is 20.5. The molecule has 228 valence electrons. The minimum absolute atomic E-state index is 0.0528. The molecule has 0 radical (unpaired) electrons. The van der Waals surface area contributed by atoms with Gasteiger partial charge in [0.15, 0.2) is 0 Å². The Morgan fingerprint density at radius 1 is 1.24 bits per heavy atom. The molecular formula is C32H45N5O4S. The molecule has 42 heavy (non-hydrogen) atoms. The van der Waals surface area contributed by atoms with Crippen molar-refractivity contribution in [1.29, 1.82) is 0 Å². The summed E-state index contributed by atoms with van der Waals surface area (Å²) >= 11 is 0. The fraction of sp³-hybridized carbons (Fsp3) is 0.562. The van der Waals surface area contributed by atoms with Crippen LogP contribution >= 0.6 is 0 Å². The van der Waals surface area contributed by atoms with Crippen molar-refractivity contribution in [3.8, 4) is 23.1 Å². The molecule has 0 aliphatic carbocycles. The van der Waals surface area contributed by atoms with Crippen molar-refractivity contribution < 1.29 is 18.8 Å². The van der Waals surface area contributed by atoms with Gasteiger partial charge in [0.05, 0.1) is 36.2 Å². The van der Waals surface area contributed by atoms with Gasteiger partial charge in [-0.15, -0.1) is 0 Å². The predicted molar refractivity (Wildman–Crippen MR) is 167 cm³/mol. The molecule has 9 nitrogen and oxygen atoms in total. The number of benzene rings is 1. The summed E-state index contributed by atoms with van der Waals surface area (Å²) in [6.45, 7) is 11.7. The number of aliphatic hydroxyl groups excluding tert-OH is 1. The number of amides is 1. The Bertz CT molecular complexity index is 1320. The summed E-state index contributed by atoms with van der Waals surface area (Å²) in [5, 5.41) is 13.1. The molecule has 0 saturated carbocycles. The van der Waals surface area contributed by atoms with Crippen LogP contribution in [0.2, 0.25) is 0 Å². The van der Waals surface area contributed by atoms with Crippen molar-refractivity contribution in [2.75, 3.05) is 66.6 Å². The molecule has 1 fully saturated rings. The number of rotatable bonds is 10. The fourth-order valence-corrected chi connectivity index (χ4v) is 6.67. The summed E-state index contributed by atoms with van der Waals surface area (Å²) in [6.07, 6.45) is 1.26. The van der Waals surface area contributed by atoms with Crippen LogP contribution in [-0.4, -0.2) is 106 Å². The molecule has 2 aliphatic rings. The van der Waals surface area contributed by atoms with Gasteiger partial charge in [-0.3, -0.25) is 14.6 Å². The number of nitrogens with zero attached hydrogens (tertiary/aromatic N) is 4. The first-order valence-corrected chi connectivity index (χ1v) is 15.8. The molecule has 1 saturated heterocycles. The number of ether oxygens (including phenoxy) is 1. The predicted octanol–water partition coefficient (Wildman–Crippen LogP) is 2.82. The van der Waals surface area contributed by atoms with Crippen molar-refractivity contribution in [3.63, 3.8) is 0 Å². The van der Waals surface area contributed by atoms with Crippen LogP contribution < -0.4 is 5.32 Å². The number of aliphatic hydroxyl groups is 1. The first-order valence-electron chi connectivity index (χ1n) is 14.7. The lowest BCUT2D eigenvalue weighted by atomic mass is 9.95. The third-order valence-electron chi connectivity index (χ3n) is 7.33. The molecule has 0 spiro atoms. The molecule has 2 atom stereocenters. The maximum absolute atomic E-state index is 13.6. The lowest BCUT2D eigenvalue weighted by Gasteiger charge is -2.30. The van der Waals surface area contributed by atoms with Crippen molar-refractivity contribution in [3.05, 3.63) is 52.7 Å². The minimum Gasteiger partial charge on any atom is -0.396 e. The van der Waals surface area contributed by atoms with Crippen molar-refractivity contribution in [2.24, 2.45) is 0 Å². The van der Waals surface area contributed by atoms with Gasteiger partial charge < -0.3 is 15.2 Å². The Kier molecular flexibility index (Phi) is 11.3. The third kappa shape index (κ3) is 8.25. The van der Waals surface area contributed by atoms with Gasteiger partial charge in [0.25, 0.3) is 5.91 Å². The van der Waals surface area contributed by atoms with E-state index in [0.717, 1.165) is 61.5 Å². The zero-order chi connectivity index (χ0) is 30.3. The van der Waals surface area contributed by atoms with Gasteiger partial charge in [-0.05, 0) is 78.0 Å². The Morgan fingerprint density at radius 3 is 2.69 bits per heavy atom. The number of fused-ring (bicyclic) bond motifs is 1. The van der Waals surface area contributed by atoms with Gasteiger partial charge in [0.1, 0.15) is 16.7 Å². The molecule has 3 heterocycles. The Hall–Kier alpha value is -2.65. The standard InChI is InChI=1S/C32H45N5O4S/c1-32(2,3)42(40)37-23-26-22-27(31(39)33-13-8-15-36-16-19-41-20-17-36)34-30(29(26)28(37)12-18-38)25-11-6-9-24(21-25)10-7-14-35(4)5/h6,9,11,21-22,28,38H,8,12-20,23H2,1-5H3,(H,33,39)/t28-,42-/m0/s1. The number of morpholine rings is 1. The van der Waals surface area contributed by atoms with Crippen LogP contribution in [0.15, 0.2) is 30.3 Å². The van der Waals surface area contributed by atoms with E-state index >= 15 is 0 Å². The first-order chi connectivity index (χ1) is 20.1. The van der Waals surface area contributed by atoms with Gasteiger partial charge in [0, 0.05) is 49.5 Å². The molecule has 4 rings (SSSR count). The van der Waals surface area contributed by atoms with E-state index in [1.165, 1.54) is 0 Å². The van der Waals surface area contributed by atoms with E-state index in [2.05, 4.69) is 22.1 Å². The fourth-order valence-electron chi connectivity index (χ4n) is 5.27. The third-order valence-corrected chi connectivity index (χ3v) is 9.19. The molecule has 0 unspecified atom stereocenters. The molecule has 1 amide bonds. The number of hydrogen-bond acceptors (Lipinski definition) is 7. The Morgan fingerprint density at radius 2 is 2.00 bits per heavy atom. The van der Waals surface area contributed by atoms with Crippen LogP contribution in [0, 0.1) is 11.8 Å². The first kappa shape index (κ1) is 32.3. The smallest absolute Gasteiger partial charge is 0.269 e. The summed E-state index contributed by atoms with van der Waals surface area (Å²) in [6, 6.07) is 9.42. The SMILES string of the molecule is CN(C)CC#Cc1cccc(-c2nc(C(=O)NCCCN3CCOCC3)cc3c2[C@H](CCO)N([S@@](=O)C(C)(C)C)C3)c1. The van der Waals surface area contributed by atoms with Gasteiger partial charge >= 0.3 is 0 Å². The number of pyridine rings is 1. The lowest BCUT2D eigenvalue weighted by Crippen LogP contribution is -2.38. The molecule has 2 aliphatic heterocycles. The van der Waals surface area contributed by atoms with Crippen LogP contribution in [0.4, 0.5) is 0 Å². The second kappa shape index (κ2) is 14.7. The van der Waals surface area contributed by atoms with Gasteiger partial charge in [0.2, 0.25) is 0 Å². The molecule has 1 aromatic heterocycles. The van der Waals surface area contributed by atoms with Gasteiger partial charge in [-0.25, -0.2) is 13.5 Å². The molecule has 2 N–H and O–H groups in total. The average molecular weight is 596 g/mol. The zero-order valence-corrected chi connectivity index (χ0v) is 26.4. The lowest BCUT2D eigenvalue weighted by molar-refractivity contribution is 0.0374. The van der Waals surface area contributed by atoms with Crippen LogP contribution in [0.5, 0.6) is 0 Å². The van der Waals surface area contributed by atoms with Gasteiger partial charge in [-0.2, -0.15) is 0 Å². The largest absolute Gasteiger partial charge is 0.396 e. The molecule has 2 aromatic rings. The Labute approximate surface area is 253 Å².